The average Bonchev–Trinajstić information content (AvgIpc) is 2.47. The van der Waals surface area contributed by atoms with Crippen LogP contribution in [0.1, 0.15) is 36.6 Å². The van der Waals surface area contributed by atoms with E-state index in [0.717, 1.165) is 12.3 Å². The molecule has 0 aromatic heterocycles. The van der Waals surface area contributed by atoms with Crippen molar-refractivity contribution < 1.29 is 0 Å². The van der Waals surface area contributed by atoms with Crippen molar-refractivity contribution >= 4 is 11.8 Å². The second kappa shape index (κ2) is 7.51. The van der Waals surface area contributed by atoms with Gasteiger partial charge in [-0.3, -0.25) is 0 Å². The summed E-state index contributed by atoms with van der Waals surface area (Å²) in [5.41, 5.74) is 4.04. The van der Waals surface area contributed by atoms with Crippen LogP contribution in [0.3, 0.4) is 0 Å². The number of hydrogen-bond acceptors (Lipinski definition) is 2. The van der Waals surface area contributed by atoms with E-state index in [9.17, 15) is 0 Å². The van der Waals surface area contributed by atoms with Gasteiger partial charge in [0.25, 0.3) is 0 Å². The molecule has 2 heteroatoms. The molecule has 0 aliphatic carbocycles. The minimum atomic E-state index is 0.280. The van der Waals surface area contributed by atoms with Gasteiger partial charge in [0.1, 0.15) is 0 Å². The summed E-state index contributed by atoms with van der Waals surface area (Å²) < 4.78 is 0. The standard InChI is InChI=1S/C18H23NS/c1-4-19-18(17-9-7-6-8-14(17)3)15-10-12-16(13-11-15)20-5-2/h6-13,18-19H,4-5H2,1-3H3. The summed E-state index contributed by atoms with van der Waals surface area (Å²) in [4.78, 5) is 1.34. The second-order valence-electron chi connectivity index (χ2n) is 4.85. The third-order valence-electron chi connectivity index (χ3n) is 3.43. The van der Waals surface area contributed by atoms with Gasteiger partial charge in [-0.1, -0.05) is 50.2 Å². The smallest absolute Gasteiger partial charge is 0.0579 e. The van der Waals surface area contributed by atoms with Crippen LogP contribution in [0, 0.1) is 6.92 Å². The normalized spacial score (nSPS) is 12.3. The Bertz CT molecular complexity index is 533. The van der Waals surface area contributed by atoms with Crippen LogP contribution in [0.25, 0.3) is 0 Å². The number of benzene rings is 2. The Labute approximate surface area is 126 Å². The first kappa shape index (κ1) is 15.1. The van der Waals surface area contributed by atoms with Crippen LogP contribution in [-0.4, -0.2) is 12.3 Å². The Kier molecular flexibility index (Phi) is 5.69. The lowest BCUT2D eigenvalue weighted by Crippen LogP contribution is -2.22. The first-order chi connectivity index (χ1) is 9.76. The van der Waals surface area contributed by atoms with Crippen LogP contribution < -0.4 is 5.32 Å². The maximum atomic E-state index is 3.60. The van der Waals surface area contributed by atoms with Gasteiger partial charge in [-0.05, 0) is 48.0 Å². The minimum absolute atomic E-state index is 0.280. The lowest BCUT2D eigenvalue weighted by atomic mass is 9.95. The summed E-state index contributed by atoms with van der Waals surface area (Å²) in [6.07, 6.45) is 0. The van der Waals surface area contributed by atoms with E-state index in [-0.39, 0.29) is 6.04 Å². The Morgan fingerprint density at radius 2 is 1.70 bits per heavy atom. The number of hydrogen-bond donors (Lipinski definition) is 1. The molecule has 2 aromatic rings. The van der Waals surface area contributed by atoms with Crippen molar-refractivity contribution in [3.05, 3.63) is 65.2 Å². The van der Waals surface area contributed by atoms with Gasteiger partial charge in [-0.15, -0.1) is 11.8 Å². The van der Waals surface area contributed by atoms with Gasteiger partial charge in [0, 0.05) is 4.90 Å². The Balaban J connectivity index is 2.31. The molecule has 0 radical (unpaired) electrons. The fourth-order valence-corrected chi connectivity index (χ4v) is 3.11. The highest BCUT2D eigenvalue weighted by Gasteiger charge is 2.14. The van der Waals surface area contributed by atoms with Gasteiger partial charge in [-0.25, -0.2) is 0 Å². The molecule has 2 rings (SSSR count). The molecule has 0 saturated heterocycles. The Morgan fingerprint density at radius 3 is 2.30 bits per heavy atom. The molecule has 0 fully saturated rings. The molecule has 0 amide bonds. The molecule has 20 heavy (non-hydrogen) atoms. The largest absolute Gasteiger partial charge is 0.307 e. The van der Waals surface area contributed by atoms with Gasteiger partial charge >= 0.3 is 0 Å². The van der Waals surface area contributed by atoms with Crippen LogP contribution in [0.2, 0.25) is 0 Å². The molecular weight excluding hydrogens is 262 g/mol. The molecular formula is C18H23NS. The molecule has 1 atom stereocenters. The summed E-state index contributed by atoms with van der Waals surface area (Å²) in [6, 6.07) is 17.9. The fourth-order valence-electron chi connectivity index (χ4n) is 2.45. The van der Waals surface area contributed by atoms with E-state index in [1.165, 1.54) is 21.6 Å². The first-order valence-electron chi connectivity index (χ1n) is 7.28. The van der Waals surface area contributed by atoms with Crippen LogP contribution in [0.15, 0.2) is 53.4 Å². The second-order valence-corrected chi connectivity index (χ2v) is 6.19. The molecule has 1 unspecified atom stereocenters. The van der Waals surface area contributed by atoms with Crippen molar-refractivity contribution in [2.45, 2.75) is 31.7 Å². The number of aryl methyl sites for hydroxylation is 1. The quantitative estimate of drug-likeness (QED) is 0.765. The van der Waals surface area contributed by atoms with Crippen LogP contribution in [0.4, 0.5) is 0 Å². The summed E-state index contributed by atoms with van der Waals surface area (Å²) >= 11 is 1.89. The topological polar surface area (TPSA) is 12.0 Å². The van der Waals surface area contributed by atoms with Gasteiger partial charge in [0.2, 0.25) is 0 Å². The molecule has 0 saturated carbocycles. The Morgan fingerprint density at radius 1 is 1.00 bits per heavy atom. The van der Waals surface area contributed by atoms with E-state index in [2.05, 4.69) is 74.6 Å². The fraction of sp³-hybridized carbons (Fsp3) is 0.333. The van der Waals surface area contributed by atoms with E-state index < -0.39 is 0 Å². The van der Waals surface area contributed by atoms with Crippen molar-refractivity contribution in [3.63, 3.8) is 0 Å². The average molecular weight is 285 g/mol. The van der Waals surface area contributed by atoms with Crippen LogP contribution >= 0.6 is 11.8 Å². The lowest BCUT2D eigenvalue weighted by molar-refractivity contribution is 0.627. The highest BCUT2D eigenvalue weighted by molar-refractivity contribution is 7.99. The minimum Gasteiger partial charge on any atom is -0.307 e. The van der Waals surface area contributed by atoms with Gasteiger partial charge in [-0.2, -0.15) is 0 Å². The van der Waals surface area contributed by atoms with Crippen LogP contribution in [-0.2, 0) is 0 Å². The third kappa shape index (κ3) is 3.65. The third-order valence-corrected chi connectivity index (χ3v) is 4.33. The molecule has 0 aliphatic rings. The van der Waals surface area contributed by atoms with Crippen molar-refractivity contribution in [3.8, 4) is 0 Å². The van der Waals surface area contributed by atoms with E-state index >= 15 is 0 Å². The number of rotatable bonds is 6. The first-order valence-corrected chi connectivity index (χ1v) is 8.26. The van der Waals surface area contributed by atoms with E-state index in [0.29, 0.717) is 0 Å². The number of thioether (sulfide) groups is 1. The predicted octanol–water partition coefficient (Wildman–Crippen LogP) is 4.81. The zero-order valence-corrected chi connectivity index (χ0v) is 13.3. The Hall–Kier alpha value is -1.25. The van der Waals surface area contributed by atoms with Gasteiger partial charge < -0.3 is 5.32 Å². The predicted molar refractivity (Wildman–Crippen MR) is 89.5 cm³/mol. The van der Waals surface area contributed by atoms with E-state index in [4.69, 9.17) is 0 Å². The molecule has 1 N–H and O–H groups in total. The van der Waals surface area contributed by atoms with Gasteiger partial charge in [0.05, 0.1) is 6.04 Å². The van der Waals surface area contributed by atoms with Crippen molar-refractivity contribution in [1.29, 1.82) is 0 Å². The van der Waals surface area contributed by atoms with Crippen LogP contribution in [0.5, 0.6) is 0 Å². The maximum absolute atomic E-state index is 3.60. The summed E-state index contributed by atoms with van der Waals surface area (Å²) in [7, 11) is 0. The molecule has 0 aliphatic heterocycles. The zero-order valence-electron chi connectivity index (χ0n) is 12.5. The molecule has 0 bridgehead atoms. The molecule has 0 heterocycles. The zero-order chi connectivity index (χ0) is 14.4. The van der Waals surface area contributed by atoms with Crippen molar-refractivity contribution in [1.82, 2.24) is 5.32 Å². The molecule has 106 valence electrons. The summed E-state index contributed by atoms with van der Waals surface area (Å²) in [5.74, 6) is 1.12. The van der Waals surface area contributed by atoms with Crippen molar-refractivity contribution in [2.24, 2.45) is 0 Å². The molecule has 1 nitrogen and oxygen atoms in total. The van der Waals surface area contributed by atoms with E-state index in [1.54, 1.807) is 0 Å². The van der Waals surface area contributed by atoms with E-state index in [1.807, 2.05) is 11.8 Å². The monoisotopic (exact) mass is 285 g/mol. The molecule has 2 aromatic carbocycles. The highest BCUT2D eigenvalue weighted by Crippen LogP contribution is 2.27. The van der Waals surface area contributed by atoms with Gasteiger partial charge in [0.15, 0.2) is 0 Å². The maximum Gasteiger partial charge on any atom is 0.0579 e. The summed E-state index contributed by atoms with van der Waals surface area (Å²) in [6.45, 7) is 7.49. The number of nitrogens with one attached hydrogen (secondary N) is 1. The lowest BCUT2D eigenvalue weighted by Gasteiger charge is -2.21. The SMILES string of the molecule is CCNC(c1ccc(SCC)cc1)c1ccccc1C. The summed E-state index contributed by atoms with van der Waals surface area (Å²) in [5, 5.41) is 3.60. The highest BCUT2D eigenvalue weighted by atomic mass is 32.2. The molecule has 0 spiro atoms. The van der Waals surface area contributed by atoms with Crippen molar-refractivity contribution in [2.75, 3.05) is 12.3 Å².